The standard InChI is InChI=1S/C21H25FN2O3S2/c1-16-4-5-17(2)20(14-16)28-15-21(25)23-10-3-11-24(13-12-23)29(26,27)19-8-6-18(22)7-9-19/h4-9,14H,3,10-13,15H2,1-2H3. The van der Waals surface area contributed by atoms with Gasteiger partial charge in [0.2, 0.25) is 15.9 Å². The first-order chi connectivity index (χ1) is 13.8. The van der Waals surface area contributed by atoms with Gasteiger partial charge in [0, 0.05) is 31.1 Å². The molecule has 29 heavy (non-hydrogen) atoms. The number of hydrogen-bond acceptors (Lipinski definition) is 4. The van der Waals surface area contributed by atoms with Crippen molar-refractivity contribution in [2.24, 2.45) is 0 Å². The summed E-state index contributed by atoms with van der Waals surface area (Å²) < 4.78 is 40.1. The van der Waals surface area contributed by atoms with Gasteiger partial charge in [-0.25, -0.2) is 12.8 Å². The van der Waals surface area contributed by atoms with Crippen LogP contribution in [-0.4, -0.2) is 55.5 Å². The molecule has 1 amide bonds. The van der Waals surface area contributed by atoms with Gasteiger partial charge in [-0.15, -0.1) is 11.8 Å². The Morgan fingerprint density at radius 1 is 1.03 bits per heavy atom. The zero-order valence-corrected chi connectivity index (χ0v) is 18.2. The fraction of sp³-hybridized carbons (Fsp3) is 0.381. The topological polar surface area (TPSA) is 57.7 Å². The van der Waals surface area contributed by atoms with Gasteiger partial charge in [0.1, 0.15) is 5.82 Å². The summed E-state index contributed by atoms with van der Waals surface area (Å²) in [5.74, 6) is -0.135. The number of hydrogen-bond donors (Lipinski definition) is 0. The summed E-state index contributed by atoms with van der Waals surface area (Å²) in [4.78, 5) is 15.6. The van der Waals surface area contributed by atoms with Crippen molar-refractivity contribution >= 4 is 27.7 Å². The molecule has 1 heterocycles. The Kier molecular flexibility index (Phi) is 6.97. The second kappa shape index (κ2) is 9.28. The molecule has 0 N–H and O–H groups in total. The number of thioether (sulfide) groups is 1. The molecule has 1 fully saturated rings. The number of rotatable bonds is 5. The largest absolute Gasteiger partial charge is 0.341 e. The average molecular weight is 437 g/mol. The van der Waals surface area contributed by atoms with Crippen LogP contribution in [0.15, 0.2) is 52.3 Å². The molecule has 0 radical (unpaired) electrons. The maximum atomic E-state index is 13.1. The van der Waals surface area contributed by atoms with Crippen LogP contribution in [0.5, 0.6) is 0 Å². The minimum absolute atomic E-state index is 0.0111. The van der Waals surface area contributed by atoms with E-state index in [0.29, 0.717) is 31.8 Å². The van der Waals surface area contributed by atoms with Crippen LogP contribution >= 0.6 is 11.8 Å². The Labute approximate surface area is 175 Å². The molecule has 0 spiro atoms. The van der Waals surface area contributed by atoms with E-state index >= 15 is 0 Å². The lowest BCUT2D eigenvalue weighted by atomic mass is 10.2. The number of sulfonamides is 1. The predicted molar refractivity (Wildman–Crippen MR) is 113 cm³/mol. The van der Waals surface area contributed by atoms with Gasteiger partial charge >= 0.3 is 0 Å². The van der Waals surface area contributed by atoms with Gasteiger partial charge in [0.15, 0.2) is 0 Å². The fourth-order valence-electron chi connectivity index (χ4n) is 3.23. The molecule has 3 rings (SSSR count). The number of benzene rings is 2. The van der Waals surface area contributed by atoms with Gasteiger partial charge in [-0.3, -0.25) is 4.79 Å². The quantitative estimate of drug-likeness (QED) is 0.674. The highest BCUT2D eigenvalue weighted by Gasteiger charge is 2.28. The molecule has 1 saturated heterocycles. The molecule has 0 aromatic heterocycles. The van der Waals surface area contributed by atoms with Crippen molar-refractivity contribution in [2.75, 3.05) is 31.9 Å². The number of amides is 1. The number of carbonyl (C=O) groups excluding carboxylic acids is 1. The van der Waals surface area contributed by atoms with E-state index < -0.39 is 15.8 Å². The molecule has 156 valence electrons. The molecule has 0 aliphatic carbocycles. The van der Waals surface area contributed by atoms with Crippen LogP contribution in [0.4, 0.5) is 4.39 Å². The second-order valence-electron chi connectivity index (χ2n) is 7.15. The molecule has 5 nitrogen and oxygen atoms in total. The summed E-state index contributed by atoms with van der Waals surface area (Å²) in [6, 6.07) is 11.0. The number of carbonyl (C=O) groups is 1. The summed E-state index contributed by atoms with van der Waals surface area (Å²) in [7, 11) is -3.69. The van der Waals surface area contributed by atoms with Gasteiger partial charge in [-0.05, 0) is 56.2 Å². The van der Waals surface area contributed by atoms with Crippen LogP contribution in [-0.2, 0) is 14.8 Å². The van der Waals surface area contributed by atoms with E-state index in [4.69, 9.17) is 0 Å². The Bertz CT molecular complexity index is 978. The Morgan fingerprint density at radius 3 is 2.48 bits per heavy atom. The first-order valence-corrected chi connectivity index (χ1v) is 11.9. The second-order valence-corrected chi connectivity index (χ2v) is 10.1. The van der Waals surface area contributed by atoms with Crippen molar-refractivity contribution in [1.29, 1.82) is 0 Å². The van der Waals surface area contributed by atoms with Crippen LogP contribution in [0.2, 0.25) is 0 Å². The van der Waals surface area contributed by atoms with Gasteiger partial charge in [0.25, 0.3) is 0 Å². The van der Waals surface area contributed by atoms with E-state index in [1.54, 1.807) is 4.90 Å². The summed E-state index contributed by atoms with van der Waals surface area (Å²) in [5, 5.41) is 0. The first-order valence-electron chi connectivity index (χ1n) is 9.51. The molecular weight excluding hydrogens is 411 g/mol. The van der Waals surface area contributed by atoms with Gasteiger partial charge in [-0.1, -0.05) is 17.7 Å². The molecule has 0 atom stereocenters. The molecule has 8 heteroatoms. The highest BCUT2D eigenvalue weighted by molar-refractivity contribution is 8.00. The summed E-state index contributed by atoms with van der Waals surface area (Å²) in [6.45, 7) is 5.51. The highest BCUT2D eigenvalue weighted by Crippen LogP contribution is 2.24. The smallest absolute Gasteiger partial charge is 0.243 e. The fourth-order valence-corrected chi connectivity index (χ4v) is 5.73. The van der Waals surface area contributed by atoms with Crippen LogP contribution in [0, 0.1) is 19.7 Å². The predicted octanol–water partition coefficient (Wildman–Crippen LogP) is 3.46. The molecular formula is C21H25FN2O3S2. The van der Waals surface area contributed by atoms with E-state index in [9.17, 15) is 17.6 Å². The lowest BCUT2D eigenvalue weighted by Gasteiger charge is -2.22. The molecule has 0 bridgehead atoms. The average Bonchev–Trinajstić information content (AvgIpc) is 2.95. The van der Waals surface area contributed by atoms with Crippen LogP contribution in [0.3, 0.4) is 0 Å². The Hall–Kier alpha value is -1.90. The van der Waals surface area contributed by atoms with Crippen molar-refractivity contribution in [1.82, 2.24) is 9.21 Å². The molecule has 1 aliphatic rings. The summed E-state index contributed by atoms with van der Waals surface area (Å²) in [5.41, 5.74) is 2.29. The van der Waals surface area contributed by atoms with E-state index in [0.717, 1.165) is 28.2 Å². The van der Waals surface area contributed by atoms with Crippen molar-refractivity contribution in [3.63, 3.8) is 0 Å². The van der Waals surface area contributed by atoms with Crippen LogP contribution < -0.4 is 0 Å². The first kappa shape index (κ1) is 21.8. The molecule has 0 unspecified atom stereocenters. The molecule has 2 aromatic rings. The maximum absolute atomic E-state index is 13.1. The highest BCUT2D eigenvalue weighted by atomic mass is 32.2. The maximum Gasteiger partial charge on any atom is 0.243 e. The Balaban J connectivity index is 1.61. The van der Waals surface area contributed by atoms with Gasteiger partial charge in [0.05, 0.1) is 10.6 Å². The lowest BCUT2D eigenvalue weighted by molar-refractivity contribution is -0.128. The third-order valence-corrected chi connectivity index (χ3v) is 8.01. The molecule has 2 aromatic carbocycles. The monoisotopic (exact) mass is 436 g/mol. The van der Waals surface area contributed by atoms with Crippen molar-refractivity contribution < 1.29 is 17.6 Å². The third kappa shape index (κ3) is 5.38. The van der Waals surface area contributed by atoms with Gasteiger partial charge < -0.3 is 4.90 Å². The zero-order valence-electron chi connectivity index (χ0n) is 16.6. The Morgan fingerprint density at radius 2 is 1.76 bits per heavy atom. The third-order valence-electron chi connectivity index (χ3n) is 4.95. The summed E-state index contributed by atoms with van der Waals surface area (Å²) >= 11 is 1.52. The van der Waals surface area contributed by atoms with Crippen molar-refractivity contribution in [3.05, 3.63) is 59.4 Å². The van der Waals surface area contributed by atoms with Crippen LogP contribution in [0.25, 0.3) is 0 Å². The lowest BCUT2D eigenvalue weighted by Crippen LogP contribution is -2.38. The van der Waals surface area contributed by atoms with Gasteiger partial charge in [-0.2, -0.15) is 4.31 Å². The van der Waals surface area contributed by atoms with E-state index in [1.165, 1.54) is 28.2 Å². The van der Waals surface area contributed by atoms with E-state index in [1.807, 2.05) is 26.0 Å². The van der Waals surface area contributed by atoms with Crippen molar-refractivity contribution in [3.8, 4) is 0 Å². The zero-order chi connectivity index (χ0) is 21.0. The van der Waals surface area contributed by atoms with Crippen molar-refractivity contribution in [2.45, 2.75) is 30.1 Å². The molecule has 1 aliphatic heterocycles. The number of halogens is 1. The summed E-state index contributed by atoms with van der Waals surface area (Å²) in [6.07, 6.45) is 0.570. The number of nitrogens with zero attached hydrogens (tertiary/aromatic N) is 2. The van der Waals surface area contributed by atoms with Crippen LogP contribution in [0.1, 0.15) is 17.5 Å². The van der Waals surface area contributed by atoms with E-state index in [-0.39, 0.29) is 17.3 Å². The number of aryl methyl sites for hydroxylation is 2. The van der Waals surface area contributed by atoms with E-state index in [2.05, 4.69) is 6.07 Å². The SMILES string of the molecule is Cc1ccc(C)c(SCC(=O)N2CCCN(S(=O)(=O)c3ccc(F)cc3)CC2)c1. The normalized spacial score (nSPS) is 15.9. The minimum Gasteiger partial charge on any atom is -0.341 e. The molecule has 0 saturated carbocycles. The minimum atomic E-state index is -3.69.